The van der Waals surface area contributed by atoms with Crippen LogP contribution in [0.2, 0.25) is 0 Å². The second-order valence-electron chi connectivity index (χ2n) is 8.56. The van der Waals surface area contributed by atoms with Gasteiger partial charge in [0.25, 0.3) is 0 Å². The average Bonchev–Trinajstić information content (AvgIpc) is 3.43. The normalized spacial score (nSPS) is 22.0. The molecule has 7 nitrogen and oxygen atoms in total. The molecule has 7 heteroatoms. The molecule has 4 heterocycles. The van der Waals surface area contributed by atoms with E-state index in [1.54, 1.807) is 6.20 Å². The first-order valence-electron chi connectivity index (χ1n) is 11.0. The fourth-order valence-corrected chi connectivity index (χ4v) is 4.66. The predicted molar refractivity (Wildman–Crippen MR) is 109 cm³/mol. The average molecular weight is 401 g/mol. The first-order valence-corrected chi connectivity index (χ1v) is 11.0. The van der Waals surface area contributed by atoms with Gasteiger partial charge in [0.15, 0.2) is 0 Å². The number of hydrogen-bond donors (Lipinski definition) is 1. The first-order chi connectivity index (χ1) is 14.2. The third-order valence-corrected chi connectivity index (χ3v) is 6.53. The van der Waals surface area contributed by atoms with Crippen LogP contribution in [-0.2, 0) is 22.6 Å². The molecule has 0 saturated carbocycles. The summed E-state index contributed by atoms with van der Waals surface area (Å²) < 4.78 is 5.35. The highest BCUT2D eigenvalue weighted by molar-refractivity contribution is 5.79. The van der Waals surface area contributed by atoms with Crippen molar-refractivity contribution >= 4 is 11.9 Å². The summed E-state index contributed by atoms with van der Waals surface area (Å²) in [5, 5.41) is 3.05. The molecule has 158 valence electrons. The van der Waals surface area contributed by atoms with Gasteiger partial charge in [0, 0.05) is 51.7 Å². The molecule has 0 radical (unpaired) electrons. The standard InChI is InChI=1S/C22H32N4O3/c27-21(19-7-12-29-16-19)25-10-5-17(6-11-25)3-1-2-8-24-22(28)26-14-18-4-9-23-13-20(18)15-26/h4,9,13,17,19H,1-3,5-8,10-12,14-16H2,(H,24,28). The number of nitrogens with zero attached hydrogens (tertiary/aromatic N) is 3. The molecule has 1 N–H and O–H groups in total. The molecular formula is C22H32N4O3. The predicted octanol–water partition coefficient (Wildman–Crippen LogP) is 2.55. The van der Waals surface area contributed by atoms with Crippen LogP contribution in [-0.4, -0.2) is 59.6 Å². The van der Waals surface area contributed by atoms with Crippen LogP contribution >= 0.6 is 0 Å². The Balaban J connectivity index is 1.07. The number of fused-ring (bicyclic) bond motifs is 1. The van der Waals surface area contributed by atoms with Crippen LogP contribution in [0.3, 0.4) is 0 Å². The highest BCUT2D eigenvalue weighted by Gasteiger charge is 2.30. The molecule has 1 unspecified atom stereocenters. The number of amides is 3. The van der Waals surface area contributed by atoms with E-state index in [2.05, 4.69) is 10.3 Å². The van der Waals surface area contributed by atoms with E-state index in [-0.39, 0.29) is 11.9 Å². The van der Waals surface area contributed by atoms with Gasteiger partial charge in [-0.2, -0.15) is 0 Å². The van der Waals surface area contributed by atoms with Crippen LogP contribution in [0.25, 0.3) is 0 Å². The molecule has 4 rings (SSSR count). The molecular weight excluding hydrogens is 368 g/mol. The molecule has 0 aliphatic carbocycles. The minimum absolute atomic E-state index is 0.0175. The van der Waals surface area contributed by atoms with E-state index in [1.807, 2.05) is 22.1 Å². The van der Waals surface area contributed by atoms with Gasteiger partial charge >= 0.3 is 6.03 Å². The van der Waals surface area contributed by atoms with E-state index < -0.39 is 0 Å². The molecule has 3 aliphatic heterocycles. The second-order valence-corrected chi connectivity index (χ2v) is 8.56. The van der Waals surface area contributed by atoms with Gasteiger partial charge in [-0.25, -0.2) is 4.79 Å². The van der Waals surface area contributed by atoms with Gasteiger partial charge in [-0.05, 0) is 48.8 Å². The summed E-state index contributed by atoms with van der Waals surface area (Å²) >= 11 is 0. The molecule has 3 aliphatic rings. The molecule has 1 atom stereocenters. The van der Waals surface area contributed by atoms with Crippen molar-refractivity contribution in [2.75, 3.05) is 32.8 Å². The fraction of sp³-hybridized carbons (Fsp3) is 0.682. The zero-order valence-electron chi connectivity index (χ0n) is 17.1. The van der Waals surface area contributed by atoms with E-state index in [0.717, 1.165) is 63.9 Å². The molecule has 0 aromatic carbocycles. The maximum absolute atomic E-state index is 12.4. The highest BCUT2D eigenvalue weighted by atomic mass is 16.5. The van der Waals surface area contributed by atoms with Gasteiger partial charge in [0.1, 0.15) is 0 Å². The first kappa shape index (κ1) is 20.1. The van der Waals surface area contributed by atoms with Crippen LogP contribution in [0.4, 0.5) is 4.79 Å². The maximum atomic E-state index is 12.4. The Kier molecular flexibility index (Phi) is 6.64. The van der Waals surface area contributed by atoms with Gasteiger partial charge in [-0.3, -0.25) is 9.78 Å². The number of carbonyl (C=O) groups is 2. The molecule has 0 bridgehead atoms. The second kappa shape index (κ2) is 9.57. The summed E-state index contributed by atoms with van der Waals surface area (Å²) in [5.74, 6) is 1.09. The van der Waals surface area contributed by atoms with Gasteiger partial charge in [-0.15, -0.1) is 0 Å². The Morgan fingerprint density at radius 3 is 2.69 bits per heavy atom. The Labute approximate surface area is 172 Å². The lowest BCUT2D eigenvalue weighted by atomic mass is 9.91. The Morgan fingerprint density at radius 2 is 1.93 bits per heavy atom. The van der Waals surface area contributed by atoms with Gasteiger partial charge in [0.05, 0.1) is 12.5 Å². The van der Waals surface area contributed by atoms with Gasteiger partial charge in [0.2, 0.25) is 5.91 Å². The van der Waals surface area contributed by atoms with E-state index >= 15 is 0 Å². The number of carbonyl (C=O) groups excluding carboxylic acids is 2. The SMILES string of the molecule is O=C(NCCCCC1CCN(C(=O)C2CCOC2)CC1)N1Cc2ccncc2C1. The van der Waals surface area contributed by atoms with E-state index in [9.17, 15) is 9.59 Å². The van der Waals surface area contributed by atoms with Crippen molar-refractivity contribution in [3.05, 3.63) is 29.6 Å². The zero-order chi connectivity index (χ0) is 20.1. The van der Waals surface area contributed by atoms with E-state index in [4.69, 9.17) is 4.74 Å². The third-order valence-electron chi connectivity index (χ3n) is 6.53. The molecule has 1 aromatic rings. The lowest BCUT2D eigenvalue weighted by Crippen LogP contribution is -2.42. The molecule has 2 fully saturated rings. The molecule has 1 aromatic heterocycles. The summed E-state index contributed by atoms with van der Waals surface area (Å²) in [6, 6.07) is 2.01. The van der Waals surface area contributed by atoms with Crippen molar-refractivity contribution in [2.45, 2.75) is 51.6 Å². The molecule has 2 saturated heterocycles. The number of piperidine rings is 1. The number of ether oxygens (including phenoxy) is 1. The minimum atomic E-state index is 0.0175. The largest absolute Gasteiger partial charge is 0.381 e. The number of likely N-dealkylation sites (tertiary alicyclic amines) is 1. The van der Waals surface area contributed by atoms with Crippen LogP contribution in [0.1, 0.15) is 49.7 Å². The van der Waals surface area contributed by atoms with Crippen LogP contribution in [0.5, 0.6) is 0 Å². The Bertz CT molecular complexity index is 687. The molecule has 29 heavy (non-hydrogen) atoms. The Hall–Kier alpha value is -2.15. The molecule has 0 spiro atoms. The number of rotatable bonds is 6. The van der Waals surface area contributed by atoms with Crippen molar-refractivity contribution in [3.8, 4) is 0 Å². The van der Waals surface area contributed by atoms with Gasteiger partial charge < -0.3 is 19.9 Å². The third kappa shape index (κ3) is 5.07. The zero-order valence-corrected chi connectivity index (χ0v) is 17.1. The van der Waals surface area contributed by atoms with Crippen LogP contribution in [0, 0.1) is 11.8 Å². The van der Waals surface area contributed by atoms with Crippen LogP contribution < -0.4 is 5.32 Å². The fourth-order valence-electron chi connectivity index (χ4n) is 4.66. The minimum Gasteiger partial charge on any atom is -0.381 e. The summed E-state index contributed by atoms with van der Waals surface area (Å²) in [6.45, 7) is 5.16. The number of unbranched alkanes of at least 4 members (excludes halogenated alkanes) is 1. The number of hydrogen-bond acceptors (Lipinski definition) is 4. The van der Waals surface area contributed by atoms with Crippen LogP contribution in [0.15, 0.2) is 18.5 Å². The summed E-state index contributed by atoms with van der Waals surface area (Å²) in [5.41, 5.74) is 2.34. The van der Waals surface area contributed by atoms with Crippen molar-refractivity contribution in [2.24, 2.45) is 11.8 Å². The summed E-state index contributed by atoms with van der Waals surface area (Å²) in [4.78, 5) is 32.8. The topological polar surface area (TPSA) is 74.8 Å². The summed E-state index contributed by atoms with van der Waals surface area (Å²) in [7, 11) is 0. The quantitative estimate of drug-likeness (QED) is 0.745. The number of nitrogens with one attached hydrogen (secondary N) is 1. The number of urea groups is 1. The monoisotopic (exact) mass is 400 g/mol. The van der Waals surface area contributed by atoms with Crippen molar-refractivity contribution in [1.29, 1.82) is 0 Å². The molecule has 3 amide bonds. The number of pyridine rings is 1. The van der Waals surface area contributed by atoms with Crippen molar-refractivity contribution in [3.63, 3.8) is 0 Å². The van der Waals surface area contributed by atoms with Crippen molar-refractivity contribution in [1.82, 2.24) is 20.1 Å². The van der Waals surface area contributed by atoms with E-state index in [1.165, 1.54) is 12.0 Å². The maximum Gasteiger partial charge on any atom is 0.318 e. The lowest BCUT2D eigenvalue weighted by molar-refractivity contribution is -0.136. The van der Waals surface area contributed by atoms with E-state index in [0.29, 0.717) is 31.5 Å². The number of aromatic nitrogens is 1. The highest BCUT2D eigenvalue weighted by Crippen LogP contribution is 2.25. The summed E-state index contributed by atoms with van der Waals surface area (Å²) in [6.07, 6.45) is 10.0. The van der Waals surface area contributed by atoms with Crippen molar-refractivity contribution < 1.29 is 14.3 Å². The van der Waals surface area contributed by atoms with Gasteiger partial charge in [-0.1, -0.05) is 12.8 Å². The lowest BCUT2D eigenvalue weighted by Gasteiger charge is -2.33. The Morgan fingerprint density at radius 1 is 1.10 bits per heavy atom. The smallest absolute Gasteiger partial charge is 0.318 e.